The van der Waals surface area contributed by atoms with Crippen LogP contribution in [0, 0.1) is 13.8 Å². The minimum absolute atomic E-state index is 0.268. The molecule has 2 aromatic rings. The monoisotopic (exact) mass is 229 g/mol. The van der Waals surface area contributed by atoms with E-state index in [-0.39, 0.29) is 6.04 Å². The van der Waals surface area contributed by atoms with Gasteiger partial charge < -0.3 is 5.32 Å². The zero-order chi connectivity index (χ0) is 12.4. The van der Waals surface area contributed by atoms with Crippen LogP contribution in [0.3, 0.4) is 0 Å². The van der Waals surface area contributed by atoms with Gasteiger partial charge in [-0.1, -0.05) is 12.1 Å². The first-order chi connectivity index (χ1) is 8.08. The molecule has 1 heterocycles. The zero-order valence-corrected chi connectivity index (χ0v) is 10.9. The second-order valence-corrected chi connectivity index (χ2v) is 4.56. The Morgan fingerprint density at radius 1 is 1.29 bits per heavy atom. The lowest BCUT2D eigenvalue weighted by Gasteiger charge is -2.16. The number of nitrogens with one attached hydrogen (secondary N) is 1. The lowest BCUT2D eigenvalue weighted by molar-refractivity contribution is 0.765. The van der Waals surface area contributed by atoms with Gasteiger partial charge in [0.1, 0.15) is 0 Å². The van der Waals surface area contributed by atoms with Crippen molar-refractivity contribution in [2.24, 2.45) is 7.05 Å². The SMILES string of the molecule is Cc1cccc(NC(C)c2cnn(C)c2)c1C. The van der Waals surface area contributed by atoms with Gasteiger partial charge in [-0.05, 0) is 38.0 Å². The van der Waals surface area contributed by atoms with Crippen LogP contribution in [0.1, 0.15) is 29.7 Å². The summed E-state index contributed by atoms with van der Waals surface area (Å²) in [6.07, 6.45) is 3.95. The molecule has 0 aliphatic carbocycles. The molecule has 0 aliphatic rings. The molecule has 1 atom stereocenters. The van der Waals surface area contributed by atoms with E-state index in [1.165, 1.54) is 22.4 Å². The van der Waals surface area contributed by atoms with Gasteiger partial charge in [0.15, 0.2) is 0 Å². The number of rotatable bonds is 3. The van der Waals surface area contributed by atoms with Gasteiger partial charge in [0, 0.05) is 24.5 Å². The smallest absolute Gasteiger partial charge is 0.0542 e. The molecule has 1 aromatic heterocycles. The van der Waals surface area contributed by atoms with Crippen molar-refractivity contribution in [1.29, 1.82) is 0 Å². The fourth-order valence-corrected chi connectivity index (χ4v) is 1.89. The summed E-state index contributed by atoms with van der Waals surface area (Å²) < 4.78 is 1.83. The highest BCUT2D eigenvalue weighted by Gasteiger charge is 2.09. The predicted molar refractivity (Wildman–Crippen MR) is 71.2 cm³/mol. The van der Waals surface area contributed by atoms with Crippen molar-refractivity contribution >= 4 is 5.69 Å². The second-order valence-electron chi connectivity index (χ2n) is 4.56. The van der Waals surface area contributed by atoms with Crippen molar-refractivity contribution in [2.45, 2.75) is 26.8 Å². The maximum absolute atomic E-state index is 4.20. The van der Waals surface area contributed by atoms with Crippen molar-refractivity contribution in [3.8, 4) is 0 Å². The van der Waals surface area contributed by atoms with Crippen molar-refractivity contribution in [3.05, 3.63) is 47.3 Å². The van der Waals surface area contributed by atoms with E-state index in [2.05, 4.69) is 49.4 Å². The third-order valence-electron chi connectivity index (χ3n) is 3.20. The number of nitrogens with zero attached hydrogens (tertiary/aromatic N) is 2. The van der Waals surface area contributed by atoms with E-state index in [1.54, 1.807) is 0 Å². The van der Waals surface area contributed by atoms with E-state index < -0.39 is 0 Å². The molecule has 0 saturated heterocycles. The molecule has 2 rings (SSSR count). The van der Waals surface area contributed by atoms with Crippen LogP contribution in [0.15, 0.2) is 30.6 Å². The summed E-state index contributed by atoms with van der Waals surface area (Å²) in [5.74, 6) is 0. The van der Waals surface area contributed by atoms with Crippen LogP contribution >= 0.6 is 0 Å². The van der Waals surface area contributed by atoms with Crippen molar-refractivity contribution in [2.75, 3.05) is 5.32 Å². The van der Waals surface area contributed by atoms with Gasteiger partial charge in [0.2, 0.25) is 0 Å². The minimum atomic E-state index is 0.268. The Balaban J connectivity index is 2.18. The van der Waals surface area contributed by atoms with E-state index >= 15 is 0 Å². The zero-order valence-electron chi connectivity index (χ0n) is 10.9. The summed E-state index contributed by atoms with van der Waals surface area (Å²) in [7, 11) is 1.94. The van der Waals surface area contributed by atoms with Gasteiger partial charge in [-0.2, -0.15) is 5.10 Å². The highest BCUT2D eigenvalue weighted by Crippen LogP contribution is 2.23. The Labute approximate surface area is 102 Å². The average Bonchev–Trinajstić information content (AvgIpc) is 2.72. The summed E-state index contributed by atoms with van der Waals surface area (Å²) in [4.78, 5) is 0. The molecule has 0 aliphatic heterocycles. The molecule has 1 aromatic carbocycles. The fourth-order valence-electron chi connectivity index (χ4n) is 1.89. The molecule has 1 unspecified atom stereocenters. The average molecular weight is 229 g/mol. The summed E-state index contributed by atoms with van der Waals surface area (Å²) in [6.45, 7) is 6.43. The van der Waals surface area contributed by atoms with Gasteiger partial charge in [0.25, 0.3) is 0 Å². The first-order valence-electron chi connectivity index (χ1n) is 5.89. The molecular formula is C14H19N3. The number of hydrogen-bond donors (Lipinski definition) is 1. The van der Waals surface area contributed by atoms with Crippen LogP contribution < -0.4 is 5.32 Å². The molecule has 3 heteroatoms. The molecule has 17 heavy (non-hydrogen) atoms. The Morgan fingerprint density at radius 3 is 2.71 bits per heavy atom. The molecule has 0 bridgehead atoms. The van der Waals surface area contributed by atoms with Gasteiger partial charge >= 0.3 is 0 Å². The molecule has 0 amide bonds. The number of hydrogen-bond acceptors (Lipinski definition) is 2. The molecule has 3 nitrogen and oxygen atoms in total. The van der Waals surface area contributed by atoms with Crippen molar-refractivity contribution < 1.29 is 0 Å². The Kier molecular flexibility index (Phi) is 3.18. The normalized spacial score (nSPS) is 12.5. The minimum Gasteiger partial charge on any atom is -0.378 e. The molecule has 0 radical (unpaired) electrons. The number of aromatic nitrogens is 2. The second kappa shape index (κ2) is 4.62. The summed E-state index contributed by atoms with van der Waals surface area (Å²) in [5, 5.41) is 7.72. The van der Waals surface area contributed by atoms with E-state index in [1.807, 2.05) is 24.1 Å². The molecule has 90 valence electrons. The molecular weight excluding hydrogens is 210 g/mol. The van der Waals surface area contributed by atoms with Crippen LogP contribution in [-0.4, -0.2) is 9.78 Å². The van der Waals surface area contributed by atoms with E-state index in [4.69, 9.17) is 0 Å². The van der Waals surface area contributed by atoms with Gasteiger partial charge in [-0.3, -0.25) is 4.68 Å². The van der Waals surface area contributed by atoms with E-state index in [0.717, 1.165) is 0 Å². The largest absolute Gasteiger partial charge is 0.378 e. The maximum Gasteiger partial charge on any atom is 0.0542 e. The third kappa shape index (κ3) is 2.49. The van der Waals surface area contributed by atoms with Gasteiger partial charge in [-0.25, -0.2) is 0 Å². The summed E-state index contributed by atoms with van der Waals surface area (Å²) in [5.41, 5.74) is 5.02. The van der Waals surface area contributed by atoms with Crippen molar-refractivity contribution in [3.63, 3.8) is 0 Å². The summed E-state index contributed by atoms with van der Waals surface area (Å²) >= 11 is 0. The standard InChI is InChI=1S/C14H19N3/c1-10-6-5-7-14(11(10)2)16-12(3)13-8-15-17(4)9-13/h5-9,12,16H,1-4H3. The first kappa shape index (κ1) is 11.7. The quantitative estimate of drug-likeness (QED) is 0.875. The van der Waals surface area contributed by atoms with Gasteiger partial charge in [0.05, 0.1) is 12.2 Å². The maximum atomic E-state index is 4.20. The number of aryl methyl sites for hydroxylation is 2. The van der Waals surface area contributed by atoms with Crippen LogP contribution in [-0.2, 0) is 7.05 Å². The number of benzene rings is 1. The Bertz CT molecular complexity index is 514. The predicted octanol–water partition coefficient (Wildman–Crippen LogP) is 3.21. The third-order valence-corrected chi connectivity index (χ3v) is 3.20. The highest BCUT2D eigenvalue weighted by molar-refractivity contribution is 5.54. The van der Waals surface area contributed by atoms with E-state index in [9.17, 15) is 0 Å². The Morgan fingerprint density at radius 2 is 2.06 bits per heavy atom. The molecule has 1 N–H and O–H groups in total. The van der Waals surface area contributed by atoms with Crippen LogP contribution in [0.5, 0.6) is 0 Å². The number of anilines is 1. The first-order valence-corrected chi connectivity index (χ1v) is 5.89. The van der Waals surface area contributed by atoms with Gasteiger partial charge in [-0.15, -0.1) is 0 Å². The van der Waals surface area contributed by atoms with Crippen LogP contribution in [0.25, 0.3) is 0 Å². The van der Waals surface area contributed by atoms with E-state index in [0.29, 0.717) is 0 Å². The van der Waals surface area contributed by atoms with Crippen LogP contribution in [0.4, 0.5) is 5.69 Å². The highest BCUT2D eigenvalue weighted by atomic mass is 15.2. The topological polar surface area (TPSA) is 29.9 Å². The molecule has 0 saturated carbocycles. The van der Waals surface area contributed by atoms with Crippen molar-refractivity contribution in [1.82, 2.24) is 9.78 Å². The van der Waals surface area contributed by atoms with Crippen LogP contribution in [0.2, 0.25) is 0 Å². The lowest BCUT2D eigenvalue weighted by atomic mass is 10.1. The molecule has 0 spiro atoms. The molecule has 0 fully saturated rings. The Hall–Kier alpha value is -1.77. The summed E-state index contributed by atoms with van der Waals surface area (Å²) in [6, 6.07) is 6.61. The lowest BCUT2D eigenvalue weighted by Crippen LogP contribution is -2.07. The fraction of sp³-hybridized carbons (Fsp3) is 0.357.